The second kappa shape index (κ2) is 5.83. The first-order valence-corrected chi connectivity index (χ1v) is 5.27. The van der Waals surface area contributed by atoms with Crippen LogP contribution in [0, 0.1) is 0 Å². The van der Waals surface area contributed by atoms with Crippen molar-refractivity contribution in [3.63, 3.8) is 0 Å². The summed E-state index contributed by atoms with van der Waals surface area (Å²) in [5.41, 5.74) is 11.0. The van der Waals surface area contributed by atoms with Crippen molar-refractivity contribution in [2.45, 2.75) is 38.1 Å². The molecule has 7 heteroatoms. The highest BCUT2D eigenvalue weighted by Gasteiger charge is 2.14. The van der Waals surface area contributed by atoms with Crippen molar-refractivity contribution >= 4 is 34.8 Å². The summed E-state index contributed by atoms with van der Waals surface area (Å²) in [6.07, 6.45) is 6.15. The average Bonchev–Trinajstić information content (AvgIpc) is 2.17. The lowest BCUT2D eigenvalue weighted by molar-refractivity contribution is 0.461. The van der Waals surface area contributed by atoms with Gasteiger partial charge in [0.2, 0.25) is 17.8 Å². The summed E-state index contributed by atoms with van der Waals surface area (Å²) in [5, 5.41) is 3.24. The Hall–Kier alpha value is -1.11. The van der Waals surface area contributed by atoms with E-state index >= 15 is 0 Å². The van der Waals surface area contributed by atoms with Crippen LogP contribution >= 0.6 is 17.0 Å². The van der Waals surface area contributed by atoms with Crippen molar-refractivity contribution in [2.75, 3.05) is 16.8 Å². The minimum Gasteiger partial charge on any atom is -0.368 e. The molecule has 0 saturated heterocycles. The first-order chi connectivity index (χ1) is 7.24. The highest BCUT2D eigenvalue weighted by atomic mass is 79.9. The van der Waals surface area contributed by atoms with Gasteiger partial charge in [0, 0.05) is 6.04 Å². The summed E-state index contributed by atoms with van der Waals surface area (Å²) in [6, 6.07) is 0.444. The van der Waals surface area contributed by atoms with Crippen molar-refractivity contribution in [1.29, 1.82) is 0 Å². The molecule has 1 saturated carbocycles. The molecule has 1 aromatic heterocycles. The number of nitrogen functional groups attached to an aromatic ring is 2. The average molecular weight is 289 g/mol. The van der Waals surface area contributed by atoms with Crippen LogP contribution in [0.5, 0.6) is 0 Å². The number of nitrogens with two attached hydrogens (primary N) is 2. The smallest absolute Gasteiger partial charge is 0.229 e. The Bertz CT molecular complexity index is 319. The van der Waals surface area contributed by atoms with E-state index in [1.165, 1.54) is 19.3 Å². The predicted octanol–water partition coefficient (Wildman–Crippen LogP) is 1.36. The molecule has 0 bridgehead atoms. The van der Waals surface area contributed by atoms with Crippen molar-refractivity contribution in [3.8, 4) is 0 Å². The first-order valence-electron chi connectivity index (χ1n) is 5.27. The van der Waals surface area contributed by atoms with E-state index in [1.54, 1.807) is 0 Å². The summed E-state index contributed by atoms with van der Waals surface area (Å²) in [5.74, 6) is 0.827. The van der Waals surface area contributed by atoms with Crippen LogP contribution in [-0.2, 0) is 0 Å². The highest BCUT2D eigenvalue weighted by Crippen LogP contribution is 2.20. The van der Waals surface area contributed by atoms with Crippen LogP contribution < -0.4 is 16.8 Å². The lowest BCUT2D eigenvalue weighted by atomic mass is 9.96. The molecule has 16 heavy (non-hydrogen) atoms. The number of nitrogens with zero attached hydrogens (tertiary/aromatic N) is 3. The Morgan fingerprint density at radius 3 is 2.06 bits per heavy atom. The van der Waals surface area contributed by atoms with Crippen LogP contribution in [0.3, 0.4) is 0 Å². The molecule has 0 spiro atoms. The van der Waals surface area contributed by atoms with Crippen molar-refractivity contribution in [2.24, 2.45) is 0 Å². The molecule has 0 atom stereocenters. The zero-order valence-electron chi connectivity index (χ0n) is 9.02. The van der Waals surface area contributed by atoms with E-state index < -0.39 is 0 Å². The fourth-order valence-electron chi connectivity index (χ4n) is 1.90. The summed E-state index contributed by atoms with van der Waals surface area (Å²) >= 11 is 0. The molecule has 0 radical (unpaired) electrons. The van der Waals surface area contributed by atoms with Gasteiger partial charge in [-0.3, -0.25) is 0 Å². The minimum atomic E-state index is 0. The van der Waals surface area contributed by atoms with Crippen molar-refractivity contribution in [1.82, 2.24) is 15.0 Å². The third-order valence-electron chi connectivity index (χ3n) is 2.61. The number of hydrogen-bond acceptors (Lipinski definition) is 6. The normalized spacial score (nSPS) is 16.5. The number of anilines is 3. The summed E-state index contributed by atoms with van der Waals surface area (Å²) < 4.78 is 0. The van der Waals surface area contributed by atoms with E-state index in [0.717, 1.165) is 12.8 Å². The van der Waals surface area contributed by atoms with Crippen molar-refractivity contribution in [3.05, 3.63) is 0 Å². The fourth-order valence-corrected chi connectivity index (χ4v) is 1.90. The molecule has 1 aliphatic carbocycles. The summed E-state index contributed by atoms with van der Waals surface area (Å²) in [4.78, 5) is 11.7. The Kier molecular flexibility index (Phi) is 4.72. The van der Waals surface area contributed by atoms with E-state index in [9.17, 15) is 0 Å². The zero-order chi connectivity index (χ0) is 10.7. The Morgan fingerprint density at radius 1 is 0.938 bits per heavy atom. The molecule has 2 rings (SSSR count). The lowest BCUT2D eigenvalue weighted by Crippen LogP contribution is -2.24. The van der Waals surface area contributed by atoms with Gasteiger partial charge >= 0.3 is 0 Å². The highest BCUT2D eigenvalue weighted by molar-refractivity contribution is 8.93. The molecule has 0 aromatic carbocycles. The molecule has 1 fully saturated rings. The van der Waals surface area contributed by atoms with Gasteiger partial charge in [0.25, 0.3) is 0 Å². The van der Waals surface area contributed by atoms with Gasteiger partial charge in [0.15, 0.2) is 0 Å². The molecule has 1 heterocycles. The van der Waals surface area contributed by atoms with Gasteiger partial charge in [-0.2, -0.15) is 15.0 Å². The van der Waals surface area contributed by atoms with E-state index in [4.69, 9.17) is 11.5 Å². The first kappa shape index (κ1) is 13.0. The lowest BCUT2D eigenvalue weighted by Gasteiger charge is -2.22. The van der Waals surface area contributed by atoms with E-state index in [2.05, 4.69) is 20.3 Å². The standard InChI is InChI=1S/C9H16N6.BrH/c10-7-13-8(11)15-9(14-7)12-6-4-2-1-3-5-6;/h6H,1-5H2,(H5,10,11,12,13,14,15);1H. The van der Waals surface area contributed by atoms with Gasteiger partial charge in [-0.1, -0.05) is 19.3 Å². The largest absolute Gasteiger partial charge is 0.368 e. The minimum absolute atomic E-state index is 0. The van der Waals surface area contributed by atoms with Gasteiger partial charge < -0.3 is 16.8 Å². The topological polar surface area (TPSA) is 103 Å². The molecular formula is C9H17BrN6. The summed E-state index contributed by atoms with van der Waals surface area (Å²) in [7, 11) is 0. The molecule has 1 aromatic rings. The second-order valence-corrected chi connectivity index (χ2v) is 3.85. The fraction of sp³-hybridized carbons (Fsp3) is 0.667. The molecule has 90 valence electrons. The van der Waals surface area contributed by atoms with Crippen LogP contribution in [0.1, 0.15) is 32.1 Å². The third kappa shape index (κ3) is 3.48. The molecule has 6 nitrogen and oxygen atoms in total. The van der Waals surface area contributed by atoms with Gasteiger partial charge in [-0.25, -0.2) is 0 Å². The molecule has 0 unspecified atom stereocenters. The van der Waals surface area contributed by atoms with Crippen molar-refractivity contribution < 1.29 is 0 Å². The Morgan fingerprint density at radius 2 is 1.50 bits per heavy atom. The monoisotopic (exact) mass is 288 g/mol. The SMILES string of the molecule is Br.Nc1nc(N)nc(NC2CCCCC2)n1. The van der Waals surface area contributed by atoms with E-state index in [1.807, 2.05) is 0 Å². The molecule has 0 aliphatic heterocycles. The number of halogens is 1. The second-order valence-electron chi connectivity index (χ2n) is 3.85. The van der Waals surface area contributed by atoms with Gasteiger partial charge in [0.05, 0.1) is 0 Å². The van der Waals surface area contributed by atoms with Gasteiger partial charge in [-0.05, 0) is 12.8 Å². The van der Waals surface area contributed by atoms with Crippen LogP contribution in [-0.4, -0.2) is 21.0 Å². The third-order valence-corrected chi connectivity index (χ3v) is 2.61. The number of nitrogens with one attached hydrogen (secondary N) is 1. The van der Waals surface area contributed by atoms with Gasteiger partial charge in [0.1, 0.15) is 0 Å². The molecule has 0 amide bonds. The molecule has 1 aliphatic rings. The maximum atomic E-state index is 5.48. The zero-order valence-corrected chi connectivity index (χ0v) is 10.7. The van der Waals surface area contributed by atoms with Gasteiger partial charge in [-0.15, -0.1) is 17.0 Å². The molecule has 5 N–H and O–H groups in total. The Balaban J connectivity index is 0.00000128. The predicted molar refractivity (Wildman–Crippen MR) is 69.5 cm³/mol. The molecular weight excluding hydrogens is 272 g/mol. The quantitative estimate of drug-likeness (QED) is 0.759. The number of rotatable bonds is 2. The van der Waals surface area contributed by atoms with E-state index in [-0.39, 0.29) is 28.9 Å². The maximum absolute atomic E-state index is 5.48. The number of hydrogen-bond donors (Lipinski definition) is 3. The van der Waals surface area contributed by atoms with Crippen LogP contribution in [0.25, 0.3) is 0 Å². The number of aromatic nitrogens is 3. The summed E-state index contributed by atoms with van der Waals surface area (Å²) in [6.45, 7) is 0. The van der Waals surface area contributed by atoms with Crippen LogP contribution in [0.4, 0.5) is 17.8 Å². The maximum Gasteiger partial charge on any atom is 0.229 e. The van der Waals surface area contributed by atoms with E-state index in [0.29, 0.717) is 12.0 Å². The van der Waals surface area contributed by atoms with Crippen LogP contribution in [0.15, 0.2) is 0 Å². The van der Waals surface area contributed by atoms with Crippen LogP contribution in [0.2, 0.25) is 0 Å². The Labute approximate surface area is 105 Å².